The number of rotatable bonds is 12. The maximum absolute atomic E-state index is 12.8. The zero-order chi connectivity index (χ0) is 28.4. The highest BCUT2D eigenvalue weighted by Gasteiger charge is 2.52. The summed E-state index contributed by atoms with van der Waals surface area (Å²) in [5, 5.41) is -0.368. The quantitative estimate of drug-likeness (QED) is 0.242. The first-order chi connectivity index (χ1) is 20.1. The zero-order valence-electron chi connectivity index (χ0n) is 23.3. The fourth-order valence-electron chi connectivity index (χ4n) is 4.86. The predicted molar refractivity (Wildman–Crippen MR) is 157 cm³/mol. The lowest BCUT2D eigenvalue weighted by atomic mass is 10.00. The van der Waals surface area contributed by atoms with E-state index in [1.54, 1.807) is 13.8 Å². The van der Waals surface area contributed by atoms with Gasteiger partial charge in [-0.1, -0.05) is 91.0 Å². The van der Waals surface area contributed by atoms with Crippen molar-refractivity contribution in [2.75, 3.05) is 13.2 Å². The molecule has 0 aliphatic carbocycles. The molecule has 0 spiro atoms. The lowest BCUT2D eigenvalue weighted by Crippen LogP contribution is -2.60. The number of carbonyl (C=O) groups is 1. The Labute approximate surface area is 245 Å². The molecule has 0 radical (unpaired) electrons. The zero-order valence-corrected chi connectivity index (χ0v) is 24.2. The summed E-state index contributed by atoms with van der Waals surface area (Å²) in [6, 6.07) is 30.0. The summed E-state index contributed by atoms with van der Waals surface area (Å²) < 4.78 is 37.4. The molecule has 1 fully saturated rings. The van der Waals surface area contributed by atoms with E-state index in [1.807, 2.05) is 91.0 Å². The van der Waals surface area contributed by atoms with Gasteiger partial charge in [0.15, 0.2) is 0 Å². The monoisotopic (exact) mass is 576 g/mol. The van der Waals surface area contributed by atoms with Crippen LogP contribution in [0.1, 0.15) is 30.5 Å². The average molecular weight is 577 g/mol. The second kappa shape index (κ2) is 14.7. The standard InChI is InChI=1S/C33H36O7S/c1-3-36-32(34)30-23(2)39-33-31(41-30)29(38-21-26-17-11-6-12-18-26)28(37-20-25-15-9-5-10-16-25)27(40-33)22-35-19-24-13-7-4-8-14-24/h4-18,27-29,31,33H,3,19-22H2,1-2H3. The maximum Gasteiger partial charge on any atom is 0.348 e. The minimum Gasteiger partial charge on any atom is -0.467 e. The summed E-state index contributed by atoms with van der Waals surface area (Å²) in [6.07, 6.45) is -2.08. The number of thioether (sulfide) groups is 1. The van der Waals surface area contributed by atoms with Gasteiger partial charge in [0.05, 0.1) is 33.0 Å². The second-order valence-electron chi connectivity index (χ2n) is 9.87. The largest absolute Gasteiger partial charge is 0.467 e. The highest BCUT2D eigenvalue weighted by molar-refractivity contribution is 8.04. The Balaban J connectivity index is 1.41. The highest BCUT2D eigenvalue weighted by atomic mass is 32.2. The van der Waals surface area contributed by atoms with E-state index >= 15 is 0 Å². The van der Waals surface area contributed by atoms with Crippen molar-refractivity contribution in [3.63, 3.8) is 0 Å². The van der Waals surface area contributed by atoms with Gasteiger partial charge in [-0.05, 0) is 30.5 Å². The average Bonchev–Trinajstić information content (AvgIpc) is 3.00. The topological polar surface area (TPSA) is 72.5 Å². The summed E-state index contributed by atoms with van der Waals surface area (Å²) in [6.45, 7) is 5.29. The van der Waals surface area contributed by atoms with E-state index in [-0.39, 0.29) is 18.5 Å². The fourth-order valence-corrected chi connectivity index (χ4v) is 6.10. The van der Waals surface area contributed by atoms with Crippen molar-refractivity contribution in [2.45, 2.75) is 63.5 Å². The number of fused-ring (bicyclic) bond motifs is 1. The van der Waals surface area contributed by atoms with Crippen LogP contribution in [0.15, 0.2) is 102 Å². The molecular formula is C33H36O7S. The molecule has 8 heteroatoms. The summed E-state index contributed by atoms with van der Waals surface area (Å²) in [4.78, 5) is 13.2. The number of carbonyl (C=O) groups excluding carboxylic acids is 1. The van der Waals surface area contributed by atoms with E-state index in [0.29, 0.717) is 30.5 Å². The van der Waals surface area contributed by atoms with Crippen LogP contribution in [-0.4, -0.2) is 49.0 Å². The smallest absolute Gasteiger partial charge is 0.348 e. The van der Waals surface area contributed by atoms with Gasteiger partial charge < -0.3 is 28.4 Å². The number of benzene rings is 3. The van der Waals surface area contributed by atoms with Gasteiger partial charge >= 0.3 is 5.97 Å². The van der Waals surface area contributed by atoms with Crippen LogP contribution in [0.3, 0.4) is 0 Å². The summed E-state index contributed by atoms with van der Waals surface area (Å²) in [5.41, 5.74) is 3.14. The second-order valence-corrected chi connectivity index (χ2v) is 11.1. The molecule has 3 aromatic rings. The summed E-state index contributed by atoms with van der Waals surface area (Å²) >= 11 is 1.37. The van der Waals surface area contributed by atoms with Crippen molar-refractivity contribution in [1.82, 2.24) is 0 Å². The van der Waals surface area contributed by atoms with Crippen LogP contribution in [-0.2, 0) is 53.0 Å². The molecular weight excluding hydrogens is 540 g/mol. The van der Waals surface area contributed by atoms with Gasteiger partial charge in [0.2, 0.25) is 6.29 Å². The van der Waals surface area contributed by atoms with Crippen molar-refractivity contribution in [3.05, 3.63) is 118 Å². The number of hydrogen-bond donors (Lipinski definition) is 0. The van der Waals surface area contributed by atoms with Crippen LogP contribution in [0.25, 0.3) is 0 Å². The van der Waals surface area contributed by atoms with Gasteiger partial charge in [0.1, 0.15) is 34.2 Å². The molecule has 5 rings (SSSR count). The molecule has 5 atom stereocenters. The van der Waals surface area contributed by atoms with Crippen molar-refractivity contribution in [2.24, 2.45) is 0 Å². The Morgan fingerprint density at radius 1 is 0.780 bits per heavy atom. The van der Waals surface area contributed by atoms with Crippen molar-refractivity contribution >= 4 is 17.7 Å². The SMILES string of the molecule is CCOC(=O)C1=C(C)OC2OC(COCc3ccccc3)C(OCc3ccccc3)C(OCc3ccccc3)C2S1. The number of allylic oxidation sites excluding steroid dienone is 1. The van der Waals surface area contributed by atoms with Gasteiger partial charge in [-0.2, -0.15) is 0 Å². The molecule has 0 aromatic heterocycles. The molecule has 0 bridgehead atoms. The predicted octanol–water partition coefficient (Wildman–Crippen LogP) is 6.03. The Bertz CT molecular complexity index is 1270. The highest BCUT2D eigenvalue weighted by Crippen LogP contribution is 2.44. The first-order valence-electron chi connectivity index (χ1n) is 13.9. The van der Waals surface area contributed by atoms with Crippen LogP contribution in [0.4, 0.5) is 0 Å². The third-order valence-corrected chi connectivity index (χ3v) is 8.34. The molecule has 1 saturated heterocycles. The number of ether oxygens (including phenoxy) is 6. The molecule has 2 heterocycles. The first kappa shape index (κ1) is 29.4. The van der Waals surface area contributed by atoms with Gasteiger partial charge in [-0.15, -0.1) is 11.8 Å². The third kappa shape index (κ3) is 7.78. The summed E-state index contributed by atoms with van der Waals surface area (Å²) in [7, 11) is 0. The van der Waals surface area contributed by atoms with E-state index < -0.39 is 30.6 Å². The first-order valence-corrected chi connectivity index (χ1v) is 14.8. The Morgan fingerprint density at radius 3 is 1.88 bits per heavy atom. The Kier molecular flexibility index (Phi) is 10.5. The van der Waals surface area contributed by atoms with E-state index in [0.717, 1.165) is 16.7 Å². The Hall–Kier alpha value is -3.14. The number of esters is 1. The van der Waals surface area contributed by atoms with Gasteiger partial charge in [-0.3, -0.25) is 0 Å². The van der Waals surface area contributed by atoms with Crippen molar-refractivity contribution in [1.29, 1.82) is 0 Å². The lowest BCUT2D eigenvalue weighted by Gasteiger charge is -2.47. The molecule has 0 saturated carbocycles. The van der Waals surface area contributed by atoms with E-state index in [1.165, 1.54) is 11.8 Å². The van der Waals surface area contributed by atoms with Gasteiger partial charge in [0.25, 0.3) is 0 Å². The van der Waals surface area contributed by atoms with Crippen LogP contribution >= 0.6 is 11.8 Å². The van der Waals surface area contributed by atoms with Crippen LogP contribution < -0.4 is 0 Å². The number of hydrogen-bond acceptors (Lipinski definition) is 8. The molecule has 3 aromatic carbocycles. The molecule has 2 aliphatic heterocycles. The minimum absolute atomic E-state index is 0.276. The normalized spacial score (nSPS) is 23.9. The summed E-state index contributed by atoms with van der Waals surface area (Å²) in [5.74, 6) is 0.0643. The van der Waals surface area contributed by atoms with E-state index in [9.17, 15) is 4.79 Å². The van der Waals surface area contributed by atoms with Gasteiger partial charge in [0, 0.05) is 0 Å². The Morgan fingerprint density at radius 2 is 1.32 bits per heavy atom. The maximum atomic E-state index is 12.8. The molecule has 2 aliphatic rings. The molecule has 7 nitrogen and oxygen atoms in total. The molecule has 0 N–H and O–H groups in total. The molecule has 41 heavy (non-hydrogen) atoms. The van der Waals surface area contributed by atoms with Crippen LogP contribution in [0.2, 0.25) is 0 Å². The van der Waals surface area contributed by atoms with E-state index in [2.05, 4.69) is 0 Å². The third-order valence-electron chi connectivity index (χ3n) is 6.88. The molecule has 5 unspecified atom stereocenters. The van der Waals surface area contributed by atoms with Crippen LogP contribution in [0, 0.1) is 0 Å². The van der Waals surface area contributed by atoms with Crippen molar-refractivity contribution in [3.8, 4) is 0 Å². The van der Waals surface area contributed by atoms with E-state index in [4.69, 9.17) is 28.4 Å². The lowest BCUT2D eigenvalue weighted by molar-refractivity contribution is -0.266. The van der Waals surface area contributed by atoms with Crippen molar-refractivity contribution < 1.29 is 33.2 Å². The fraction of sp³-hybridized carbons (Fsp3) is 0.364. The van der Waals surface area contributed by atoms with Gasteiger partial charge in [-0.25, -0.2) is 4.79 Å². The van der Waals surface area contributed by atoms with Crippen LogP contribution in [0.5, 0.6) is 0 Å². The molecule has 216 valence electrons. The molecule has 0 amide bonds. The minimum atomic E-state index is -0.652.